The van der Waals surface area contributed by atoms with E-state index in [9.17, 15) is 24.2 Å². The van der Waals surface area contributed by atoms with Gasteiger partial charge in [0.15, 0.2) is 6.10 Å². The van der Waals surface area contributed by atoms with Crippen molar-refractivity contribution in [3.8, 4) is 0 Å². The van der Waals surface area contributed by atoms with Crippen LogP contribution in [0.3, 0.4) is 0 Å². The van der Waals surface area contributed by atoms with Crippen LogP contribution in [0.25, 0.3) is 0 Å². The fraction of sp³-hybridized carbons (Fsp3) is 0.900. The molecule has 0 saturated carbocycles. The second kappa shape index (κ2) is 18.5. The molecule has 0 aliphatic carbocycles. The number of hydrogen-bond donors (Lipinski definition) is 3. The van der Waals surface area contributed by atoms with Crippen LogP contribution in [0, 0.1) is 0 Å². The van der Waals surface area contributed by atoms with Gasteiger partial charge in [-0.15, -0.1) is 0 Å². The molecule has 0 amide bonds. The fourth-order valence-electron chi connectivity index (χ4n) is 2.50. The lowest BCUT2D eigenvalue weighted by molar-refractivity contribution is -0.161. The zero-order valence-corrected chi connectivity index (χ0v) is 19.6. The topological polar surface area (TPSA) is 149 Å². The van der Waals surface area contributed by atoms with Gasteiger partial charge in [0.2, 0.25) is 0 Å². The highest BCUT2D eigenvalue weighted by molar-refractivity contribution is 7.47. The van der Waals surface area contributed by atoms with E-state index < -0.39 is 51.8 Å². The van der Waals surface area contributed by atoms with Crippen LogP contribution in [0.15, 0.2) is 0 Å². The molecule has 0 fully saturated rings. The van der Waals surface area contributed by atoms with E-state index in [2.05, 4.69) is 11.4 Å². The molecule has 0 aromatic heterocycles. The number of rotatable bonds is 20. The SMILES string of the molecule is CCCCCCCCCCC(=O)OC(COC(=O)CC)COP(=O)(O)OCC(O)CO. The van der Waals surface area contributed by atoms with Crippen molar-refractivity contribution in [3.05, 3.63) is 0 Å². The number of phosphoric ester groups is 1. The Bertz CT molecular complexity index is 528. The maximum absolute atomic E-state index is 12.1. The molecule has 3 unspecified atom stereocenters. The van der Waals surface area contributed by atoms with Gasteiger partial charge in [0, 0.05) is 12.8 Å². The zero-order valence-electron chi connectivity index (χ0n) is 18.7. The van der Waals surface area contributed by atoms with Gasteiger partial charge < -0.3 is 24.6 Å². The van der Waals surface area contributed by atoms with Crippen molar-refractivity contribution < 1.29 is 47.8 Å². The Balaban J connectivity index is 4.38. The van der Waals surface area contributed by atoms with E-state index in [0.717, 1.165) is 19.3 Å². The number of aliphatic hydroxyl groups excluding tert-OH is 2. The van der Waals surface area contributed by atoms with E-state index in [-0.39, 0.29) is 19.4 Å². The maximum Gasteiger partial charge on any atom is 0.472 e. The summed E-state index contributed by atoms with van der Waals surface area (Å²) in [5, 5.41) is 17.9. The van der Waals surface area contributed by atoms with Crippen LogP contribution in [-0.4, -0.2) is 65.7 Å². The van der Waals surface area contributed by atoms with Crippen LogP contribution in [0.2, 0.25) is 0 Å². The Labute approximate surface area is 184 Å². The molecular formula is C20H39O10P. The Morgan fingerprint density at radius 3 is 2.03 bits per heavy atom. The smallest absolute Gasteiger partial charge is 0.462 e. The predicted molar refractivity (Wildman–Crippen MR) is 113 cm³/mol. The largest absolute Gasteiger partial charge is 0.472 e. The molecule has 184 valence electrons. The highest BCUT2D eigenvalue weighted by Gasteiger charge is 2.26. The minimum absolute atomic E-state index is 0.125. The first-order valence-corrected chi connectivity index (χ1v) is 12.5. The highest BCUT2D eigenvalue weighted by Crippen LogP contribution is 2.43. The molecule has 3 atom stereocenters. The molecule has 0 rings (SSSR count). The number of esters is 2. The first kappa shape index (κ1) is 30.0. The summed E-state index contributed by atoms with van der Waals surface area (Å²) in [6.45, 7) is 1.65. The number of aliphatic hydroxyl groups is 2. The average molecular weight is 470 g/mol. The quantitative estimate of drug-likeness (QED) is 0.138. The normalized spacial score (nSPS) is 15.1. The Morgan fingerprint density at radius 2 is 1.45 bits per heavy atom. The van der Waals surface area contributed by atoms with Crippen LogP contribution in [0.1, 0.15) is 78.1 Å². The van der Waals surface area contributed by atoms with Crippen LogP contribution in [-0.2, 0) is 32.7 Å². The summed E-state index contributed by atoms with van der Waals surface area (Å²) < 4.78 is 31.3. The second-order valence-electron chi connectivity index (χ2n) is 7.27. The van der Waals surface area contributed by atoms with Gasteiger partial charge in [-0.2, -0.15) is 0 Å². The van der Waals surface area contributed by atoms with E-state index in [1.54, 1.807) is 6.92 Å². The number of carbonyl (C=O) groups excluding carboxylic acids is 2. The molecule has 3 N–H and O–H groups in total. The van der Waals surface area contributed by atoms with Gasteiger partial charge in [-0.3, -0.25) is 18.6 Å². The third-order valence-electron chi connectivity index (χ3n) is 4.32. The summed E-state index contributed by atoms with van der Waals surface area (Å²) in [5.74, 6) is -1.03. The van der Waals surface area contributed by atoms with Crippen LogP contribution >= 0.6 is 7.82 Å². The van der Waals surface area contributed by atoms with Gasteiger partial charge in [0.05, 0.1) is 19.8 Å². The van der Waals surface area contributed by atoms with Crippen molar-refractivity contribution >= 4 is 19.8 Å². The summed E-state index contributed by atoms with van der Waals surface area (Å²) in [6, 6.07) is 0. The minimum atomic E-state index is -4.56. The lowest BCUT2D eigenvalue weighted by Crippen LogP contribution is -2.29. The minimum Gasteiger partial charge on any atom is -0.462 e. The Hall–Kier alpha value is -1.03. The molecule has 0 aromatic carbocycles. The molecule has 0 bridgehead atoms. The lowest BCUT2D eigenvalue weighted by Gasteiger charge is -2.20. The van der Waals surface area contributed by atoms with Gasteiger partial charge >= 0.3 is 19.8 Å². The first-order valence-electron chi connectivity index (χ1n) is 11.0. The Morgan fingerprint density at radius 1 is 0.871 bits per heavy atom. The standard InChI is InChI=1S/C20H39O10P/c1-3-5-6-7-8-9-10-11-12-20(24)30-18(15-27-19(23)4-2)16-29-31(25,26)28-14-17(22)13-21/h17-18,21-22H,3-16H2,1-2H3,(H,25,26). The van der Waals surface area contributed by atoms with Crippen LogP contribution < -0.4 is 0 Å². The van der Waals surface area contributed by atoms with Crippen molar-refractivity contribution in [2.75, 3.05) is 26.4 Å². The molecule has 10 nitrogen and oxygen atoms in total. The lowest BCUT2D eigenvalue weighted by atomic mass is 10.1. The molecule has 0 radical (unpaired) electrons. The molecule has 0 aromatic rings. The van der Waals surface area contributed by atoms with Crippen molar-refractivity contribution in [2.45, 2.75) is 90.3 Å². The number of phosphoric acid groups is 1. The zero-order chi connectivity index (χ0) is 23.5. The summed E-state index contributed by atoms with van der Waals surface area (Å²) >= 11 is 0. The summed E-state index contributed by atoms with van der Waals surface area (Å²) in [5.41, 5.74) is 0. The molecule has 0 saturated heterocycles. The third kappa shape index (κ3) is 18.3. The van der Waals surface area contributed by atoms with Crippen molar-refractivity contribution in [2.24, 2.45) is 0 Å². The summed E-state index contributed by atoms with van der Waals surface area (Å²) in [4.78, 5) is 33.1. The van der Waals surface area contributed by atoms with E-state index >= 15 is 0 Å². The summed E-state index contributed by atoms with van der Waals surface area (Å²) in [6.07, 6.45) is 6.50. The van der Waals surface area contributed by atoms with Crippen molar-refractivity contribution in [1.82, 2.24) is 0 Å². The van der Waals surface area contributed by atoms with E-state index in [1.165, 1.54) is 25.7 Å². The van der Waals surface area contributed by atoms with E-state index in [4.69, 9.17) is 19.1 Å². The van der Waals surface area contributed by atoms with Gasteiger partial charge in [0.25, 0.3) is 0 Å². The Kier molecular flexibility index (Phi) is 17.9. The van der Waals surface area contributed by atoms with Gasteiger partial charge in [-0.25, -0.2) is 4.57 Å². The van der Waals surface area contributed by atoms with E-state index in [0.29, 0.717) is 6.42 Å². The highest BCUT2D eigenvalue weighted by atomic mass is 31.2. The van der Waals surface area contributed by atoms with Gasteiger partial charge in [-0.05, 0) is 6.42 Å². The van der Waals surface area contributed by atoms with E-state index in [1.807, 2.05) is 0 Å². The predicted octanol–water partition coefficient (Wildman–Crippen LogP) is 2.87. The summed E-state index contributed by atoms with van der Waals surface area (Å²) in [7, 11) is -4.56. The monoisotopic (exact) mass is 470 g/mol. The molecule has 0 aliphatic heterocycles. The molecule has 0 spiro atoms. The molecule has 11 heteroatoms. The number of carbonyl (C=O) groups is 2. The molecule has 31 heavy (non-hydrogen) atoms. The molecule has 0 aliphatic rings. The second-order valence-corrected chi connectivity index (χ2v) is 8.72. The fourth-order valence-corrected chi connectivity index (χ4v) is 3.29. The first-order chi connectivity index (χ1) is 14.7. The van der Waals surface area contributed by atoms with Gasteiger partial charge in [0.1, 0.15) is 12.7 Å². The van der Waals surface area contributed by atoms with Crippen molar-refractivity contribution in [1.29, 1.82) is 0 Å². The molecule has 0 heterocycles. The molecular weight excluding hydrogens is 431 g/mol. The van der Waals surface area contributed by atoms with Crippen molar-refractivity contribution in [3.63, 3.8) is 0 Å². The van der Waals surface area contributed by atoms with Crippen LogP contribution in [0.5, 0.6) is 0 Å². The number of hydrogen-bond acceptors (Lipinski definition) is 9. The van der Waals surface area contributed by atoms with Crippen LogP contribution in [0.4, 0.5) is 0 Å². The number of ether oxygens (including phenoxy) is 2. The maximum atomic E-state index is 12.1. The average Bonchev–Trinajstić information content (AvgIpc) is 2.75. The third-order valence-corrected chi connectivity index (χ3v) is 5.27. The van der Waals surface area contributed by atoms with Gasteiger partial charge in [-0.1, -0.05) is 58.8 Å². The number of unbranched alkanes of at least 4 members (excludes halogenated alkanes) is 7.